The fraction of sp³-hybridized carbons (Fsp3) is 0.188. The lowest BCUT2D eigenvalue weighted by molar-refractivity contribution is -0.384. The minimum absolute atomic E-state index is 0.209. The molecule has 1 heterocycles. The Morgan fingerprint density at radius 1 is 1.14 bits per heavy atom. The predicted molar refractivity (Wildman–Crippen MR) is 80.4 cm³/mol. The second kappa shape index (κ2) is 6.26. The zero-order chi connectivity index (χ0) is 16.3. The lowest BCUT2D eigenvalue weighted by Crippen LogP contribution is -2.17. The maximum absolute atomic E-state index is 11.6. The van der Waals surface area contributed by atoms with Crippen LogP contribution >= 0.6 is 0 Å². The summed E-state index contributed by atoms with van der Waals surface area (Å²) >= 11 is 0. The first-order valence-electron chi connectivity index (χ1n) is 6.62. The molecule has 0 saturated carbocycles. The summed E-state index contributed by atoms with van der Waals surface area (Å²) < 4.78 is 0. The number of pyridine rings is 1. The summed E-state index contributed by atoms with van der Waals surface area (Å²) in [7, 11) is 0. The second-order valence-corrected chi connectivity index (χ2v) is 4.91. The predicted octanol–water partition coefficient (Wildman–Crippen LogP) is 2.92. The van der Waals surface area contributed by atoms with E-state index in [1.165, 1.54) is 26.1 Å². The van der Waals surface area contributed by atoms with Crippen LogP contribution in [0.2, 0.25) is 0 Å². The first-order valence-corrected chi connectivity index (χ1v) is 6.62. The number of hydrogen-bond acceptors (Lipinski definition) is 5. The van der Waals surface area contributed by atoms with Crippen molar-refractivity contribution < 1.29 is 14.5 Å². The highest BCUT2D eigenvalue weighted by atomic mass is 16.6. The van der Waals surface area contributed by atoms with E-state index in [-0.39, 0.29) is 28.5 Å². The van der Waals surface area contributed by atoms with Crippen LogP contribution in [-0.4, -0.2) is 21.5 Å². The molecule has 0 saturated heterocycles. The lowest BCUT2D eigenvalue weighted by atomic mass is 9.92. The minimum atomic E-state index is -1.02. The summed E-state index contributed by atoms with van der Waals surface area (Å²) in [4.78, 5) is 38.1. The standard InChI is InChI=1S/C16H14N2O4/c1-10(19)15(11(2)20)13-8-14(18(21)22)16(17-9-13)12-6-4-3-5-7-12/h3-9,15H,1-2H3. The molecular weight excluding hydrogens is 284 g/mol. The van der Waals surface area contributed by atoms with Crippen LogP contribution in [0.15, 0.2) is 42.6 Å². The minimum Gasteiger partial charge on any atom is -0.299 e. The van der Waals surface area contributed by atoms with Crippen molar-refractivity contribution in [3.05, 3.63) is 58.3 Å². The van der Waals surface area contributed by atoms with Gasteiger partial charge in [-0.15, -0.1) is 0 Å². The molecule has 0 atom stereocenters. The Morgan fingerprint density at radius 3 is 2.23 bits per heavy atom. The number of ketones is 2. The molecule has 0 unspecified atom stereocenters. The molecule has 0 amide bonds. The van der Waals surface area contributed by atoms with Crippen LogP contribution < -0.4 is 0 Å². The van der Waals surface area contributed by atoms with Crippen LogP contribution in [0.5, 0.6) is 0 Å². The van der Waals surface area contributed by atoms with Crippen LogP contribution in [0.1, 0.15) is 25.3 Å². The van der Waals surface area contributed by atoms with E-state index in [2.05, 4.69) is 4.98 Å². The summed E-state index contributed by atoms with van der Waals surface area (Å²) in [6.45, 7) is 2.56. The molecule has 2 aromatic rings. The number of nitro groups is 1. The molecule has 0 bridgehead atoms. The van der Waals surface area contributed by atoms with Gasteiger partial charge in [0, 0.05) is 17.8 Å². The first-order chi connectivity index (χ1) is 10.4. The topological polar surface area (TPSA) is 90.2 Å². The third-order valence-corrected chi connectivity index (χ3v) is 3.28. The Kier molecular flexibility index (Phi) is 4.41. The Balaban J connectivity index is 2.60. The van der Waals surface area contributed by atoms with Gasteiger partial charge in [-0.3, -0.25) is 19.7 Å². The third-order valence-electron chi connectivity index (χ3n) is 3.28. The monoisotopic (exact) mass is 298 g/mol. The van der Waals surface area contributed by atoms with E-state index in [0.29, 0.717) is 5.56 Å². The number of aromatic nitrogens is 1. The summed E-state index contributed by atoms with van der Waals surface area (Å²) in [6, 6.07) is 9.98. The van der Waals surface area contributed by atoms with Gasteiger partial charge in [0.1, 0.15) is 23.2 Å². The molecule has 0 aliphatic carbocycles. The van der Waals surface area contributed by atoms with Gasteiger partial charge in [0.2, 0.25) is 0 Å². The number of rotatable bonds is 5. The highest BCUT2D eigenvalue weighted by Crippen LogP contribution is 2.30. The van der Waals surface area contributed by atoms with Gasteiger partial charge in [-0.2, -0.15) is 0 Å². The lowest BCUT2D eigenvalue weighted by Gasteiger charge is -2.11. The van der Waals surface area contributed by atoms with E-state index in [1.807, 2.05) is 0 Å². The Labute approximate surface area is 127 Å². The Morgan fingerprint density at radius 2 is 1.73 bits per heavy atom. The molecule has 112 valence electrons. The van der Waals surface area contributed by atoms with Crippen molar-refractivity contribution in [2.75, 3.05) is 0 Å². The van der Waals surface area contributed by atoms with Gasteiger partial charge >= 0.3 is 0 Å². The summed E-state index contributed by atoms with van der Waals surface area (Å²) in [5, 5.41) is 11.3. The molecule has 0 N–H and O–H groups in total. The van der Waals surface area contributed by atoms with E-state index in [9.17, 15) is 19.7 Å². The largest absolute Gasteiger partial charge is 0.299 e. The summed E-state index contributed by atoms with van der Waals surface area (Å²) in [5.74, 6) is -1.75. The zero-order valence-corrected chi connectivity index (χ0v) is 12.1. The maximum Gasteiger partial charge on any atom is 0.295 e. The molecule has 1 aromatic heterocycles. The molecule has 0 aliphatic rings. The van der Waals surface area contributed by atoms with Gasteiger partial charge in [-0.05, 0) is 19.4 Å². The second-order valence-electron chi connectivity index (χ2n) is 4.91. The first kappa shape index (κ1) is 15.5. The number of Topliss-reactive ketones (excluding diaryl/α,β-unsaturated/α-hetero) is 2. The van der Waals surface area contributed by atoms with Crippen LogP contribution in [0.4, 0.5) is 5.69 Å². The SMILES string of the molecule is CC(=O)C(C(C)=O)c1cnc(-c2ccccc2)c([N+](=O)[O-])c1. The van der Waals surface area contributed by atoms with Crippen molar-refractivity contribution in [2.24, 2.45) is 0 Å². The number of benzene rings is 1. The number of hydrogen-bond donors (Lipinski definition) is 0. The average Bonchev–Trinajstić information content (AvgIpc) is 2.47. The van der Waals surface area contributed by atoms with Crippen molar-refractivity contribution >= 4 is 17.3 Å². The van der Waals surface area contributed by atoms with Gasteiger partial charge in [-0.25, -0.2) is 4.98 Å². The molecule has 2 rings (SSSR count). The zero-order valence-electron chi connectivity index (χ0n) is 12.1. The average molecular weight is 298 g/mol. The van der Waals surface area contributed by atoms with Crippen LogP contribution in [0.3, 0.4) is 0 Å². The summed E-state index contributed by atoms with van der Waals surface area (Å²) in [5.41, 5.74) is 0.825. The molecule has 0 spiro atoms. The van der Waals surface area contributed by atoms with E-state index in [1.54, 1.807) is 30.3 Å². The molecule has 6 heteroatoms. The van der Waals surface area contributed by atoms with Crippen LogP contribution in [0, 0.1) is 10.1 Å². The molecule has 0 aliphatic heterocycles. The van der Waals surface area contributed by atoms with E-state index in [4.69, 9.17) is 0 Å². The van der Waals surface area contributed by atoms with Gasteiger partial charge < -0.3 is 0 Å². The molecule has 22 heavy (non-hydrogen) atoms. The van der Waals surface area contributed by atoms with Crippen LogP contribution in [-0.2, 0) is 9.59 Å². The van der Waals surface area contributed by atoms with Crippen molar-refractivity contribution in [3.63, 3.8) is 0 Å². The number of carbonyl (C=O) groups is 2. The van der Waals surface area contributed by atoms with Gasteiger partial charge in [0.05, 0.1) is 4.92 Å². The molecule has 1 aromatic carbocycles. The molecule has 0 fully saturated rings. The van der Waals surface area contributed by atoms with Crippen molar-refractivity contribution in [2.45, 2.75) is 19.8 Å². The maximum atomic E-state index is 11.6. The van der Waals surface area contributed by atoms with E-state index < -0.39 is 10.8 Å². The van der Waals surface area contributed by atoms with Gasteiger partial charge in [0.15, 0.2) is 0 Å². The molecule has 6 nitrogen and oxygen atoms in total. The molecule has 0 radical (unpaired) electrons. The third kappa shape index (κ3) is 3.06. The van der Waals surface area contributed by atoms with Gasteiger partial charge in [0.25, 0.3) is 5.69 Å². The van der Waals surface area contributed by atoms with Gasteiger partial charge in [-0.1, -0.05) is 30.3 Å². The van der Waals surface area contributed by atoms with Crippen LogP contribution in [0.25, 0.3) is 11.3 Å². The van der Waals surface area contributed by atoms with E-state index >= 15 is 0 Å². The van der Waals surface area contributed by atoms with Crippen molar-refractivity contribution in [1.29, 1.82) is 0 Å². The normalized spacial score (nSPS) is 10.5. The highest BCUT2D eigenvalue weighted by Gasteiger charge is 2.26. The Hall–Kier alpha value is -2.89. The smallest absolute Gasteiger partial charge is 0.295 e. The fourth-order valence-corrected chi connectivity index (χ4v) is 2.34. The summed E-state index contributed by atoms with van der Waals surface area (Å²) in [6.07, 6.45) is 1.35. The quantitative estimate of drug-likeness (QED) is 0.481. The Bertz CT molecular complexity index is 727. The number of nitrogens with zero attached hydrogens (tertiary/aromatic N) is 2. The fourth-order valence-electron chi connectivity index (χ4n) is 2.34. The van der Waals surface area contributed by atoms with Crippen molar-refractivity contribution in [3.8, 4) is 11.3 Å². The van der Waals surface area contributed by atoms with Crippen molar-refractivity contribution in [1.82, 2.24) is 4.98 Å². The molecular formula is C16H14N2O4. The highest BCUT2D eigenvalue weighted by molar-refractivity contribution is 6.05. The number of carbonyl (C=O) groups excluding carboxylic acids is 2. The van der Waals surface area contributed by atoms with E-state index in [0.717, 1.165) is 0 Å².